The number of benzene rings is 1. The summed E-state index contributed by atoms with van der Waals surface area (Å²) in [6.45, 7) is 4.77. The molecule has 1 fully saturated rings. The van der Waals surface area contributed by atoms with E-state index in [0.717, 1.165) is 23.1 Å². The lowest BCUT2D eigenvalue weighted by Gasteiger charge is -2.14. The van der Waals surface area contributed by atoms with Crippen molar-refractivity contribution in [2.45, 2.75) is 33.2 Å². The Balaban J connectivity index is 1.85. The summed E-state index contributed by atoms with van der Waals surface area (Å²) in [7, 11) is -3.95. The average Bonchev–Trinajstić information content (AvgIpc) is 3.30. The first-order valence-electron chi connectivity index (χ1n) is 10.00. The van der Waals surface area contributed by atoms with E-state index in [1.807, 2.05) is 25.1 Å². The second-order valence-corrected chi connectivity index (χ2v) is 10.4. The molecule has 168 valence electrons. The van der Waals surface area contributed by atoms with Crippen LogP contribution < -0.4 is 4.80 Å². The van der Waals surface area contributed by atoms with Crippen LogP contribution in [-0.4, -0.2) is 66.9 Å². The minimum Gasteiger partial charge on any atom is -0.465 e. The van der Waals surface area contributed by atoms with Gasteiger partial charge in [0.05, 0.1) is 16.8 Å². The molecule has 0 atom stereocenters. The first kappa shape index (κ1) is 23.1. The van der Waals surface area contributed by atoms with Crippen LogP contribution in [0.15, 0.2) is 23.2 Å². The zero-order valence-corrected chi connectivity index (χ0v) is 19.1. The van der Waals surface area contributed by atoms with Crippen molar-refractivity contribution in [3.05, 3.63) is 28.6 Å². The molecule has 2 amide bonds. The van der Waals surface area contributed by atoms with E-state index in [1.54, 1.807) is 6.92 Å². The molecule has 0 radical (unpaired) electrons. The number of amides is 2. The summed E-state index contributed by atoms with van der Waals surface area (Å²) >= 11 is 1.18. The van der Waals surface area contributed by atoms with Crippen molar-refractivity contribution in [3.8, 4) is 0 Å². The lowest BCUT2D eigenvalue weighted by Crippen LogP contribution is -2.35. The van der Waals surface area contributed by atoms with Gasteiger partial charge in [0.25, 0.3) is 5.91 Å². The van der Waals surface area contributed by atoms with Gasteiger partial charge in [0, 0.05) is 13.1 Å². The van der Waals surface area contributed by atoms with Crippen molar-refractivity contribution in [2.24, 2.45) is 4.99 Å². The number of ether oxygens (including phenoxy) is 1. The zero-order valence-electron chi connectivity index (χ0n) is 17.5. The molecular formula is C20H25N3O6S2. The smallest absolute Gasteiger partial charge is 0.326 e. The van der Waals surface area contributed by atoms with Crippen LogP contribution in [0.2, 0.25) is 0 Å². The highest BCUT2D eigenvalue weighted by Gasteiger charge is 2.26. The normalized spacial score (nSPS) is 14.9. The van der Waals surface area contributed by atoms with E-state index >= 15 is 0 Å². The third-order valence-electron chi connectivity index (χ3n) is 4.80. The van der Waals surface area contributed by atoms with Gasteiger partial charge in [-0.2, -0.15) is 4.99 Å². The number of esters is 1. The fraction of sp³-hybridized carbons (Fsp3) is 0.500. The van der Waals surface area contributed by atoms with Crippen LogP contribution >= 0.6 is 11.3 Å². The molecule has 1 aromatic carbocycles. The van der Waals surface area contributed by atoms with E-state index < -0.39 is 39.1 Å². The summed E-state index contributed by atoms with van der Waals surface area (Å²) in [6.07, 6.45) is 1.71. The quantitative estimate of drug-likeness (QED) is 0.562. The standard InChI is InChI=1S/C20H25N3O6S2/c1-3-29-19(26)11-23-15-7-6-14(2)10-16(15)30-20(23)21-17(24)12-31(27,28)13-18(25)22-8-4-5-9-22/h6-7,10H,3-5,8-9,11-13H2,1-2H3. The molecule has 0 aliphatic carbocycles. The van der Waals surface area contributed by atoms with E-state index in [1.165, 1.54) is 20.8 Å². The Morgan fingerprint density at radius 2 is 1.87 bits per heavy atom. The number of aryl methyl sites for hydroxylation is 1. The van der Waals surface area contributed by atoms with Gasteiger partial charge in [-0.3, -0.25) is 14.4 Å². The predicted octanol–water partition coefficient (Wildman–Crippen LogP) is 1.04. The van der Waals surface area contributed by atoms with Crippen LogP contribution in [0.3, 0.4) is 0 Å². The van der Waals surface area contributed by atoms with Crippen LogP contribution in [0.1, 0.15) is 25.3 Å². The maximum absolute atomic E-state index is 12.4. The molecule has 11 heteroatoms. The van der Waals surface area contributed by atoms with Crippen LogP contribution in [0.4, 0.5) is 0 Å². The number of nitrogens with zero attached hydrogens (tertiary/aromatic N) is 3. The summed E-state index contributed by atoms with van der Waals surface area (Å²) in [5, 5.41) is 0. The van der Waals surface area contributed by atoms with Crippen molar-refractivity contribution < 1.29 is 27.5 Å². The van der Waals surface area contributed by atoms with Gasteiger partial charge in [-0.05, 0) is 44.4 Å². The van der Waals surface area contributed by atoms with Gasteiger partial charge in [0.1, 0.15) is 18.1 Å². The minimum atomic E-state index is -3.95. The Morgan fingerprint density at radius 1 is 1.16 bits per heavy atom. The number of carbonyl (C=O) groups is 3. The number of hydrogen-bond acceptors (Lipinski definition) is 7. The van der Waals surface area contributed by atoms with Crippen molar-refractivity contribution in [1.82, 2.24) is 9.47 Å². The van der Waals surface area contributed by atoms with E-state index in [0.29, 0.717) is 18.6 Å². The third kappa shape index (κ3) is 6.01. The number of thiazole rings is 1. The number of sulfone groups is 1. The Bertz CT molecular complexity index is 1170. The number of fused-ring (bicyclic) bond motifs is 1. The van der Waals surface area contributed by atoms with Crippen LogP contribution in [0, 0.1) is 6.92 Å². The SMILES string of the molecule is CCOC(=O)Cn1c(=NC(=O)CS(=O)(=O)CC(=O)N2CCCC2)sc2cc(C)ccc21. The lowest BCUT2D eigenvalue weighted by molar-refractivity contribution is -0.143. The fourth-order valence-corrected chi connectivity index (χ4v) is 5.62. The fourth-order valence-electron chi connectivity index (χ4n) is 3.38. The van der Waals surface area contributed by atoms with Gasteiger partial charge in [0.15, 0.2) is 14.6 Å². The first-order valence-corrected chi connectivity index (χ1v) is 12.6. The van der Waals surface area contributed by atoms with Crippen molar-refractivity contribution in [1.29, 1.82) is 0 Å². The summed E-state index contributed by atoms with van der Waals surface area (Å²) in [6, 6.07) is 5.59. The molecule has 2 heterocycles. The number of likely N-dealkylation sites (tertiary alicyclic amines) is 1. The van der Waals surface area contributed by atoms with E-state index in [4.69, 9.17) is 4.74 Å². The van der Waals surface area contributed by atoms with Gasteiger partial charge in [-0.15, -0.1) is 0 Å². The van der Waals surface area contributed by atoms with Crippen molar-refractivity contribution in [3.63, 3.8) is 0 Å². The van der Waals surface area contributed by atoms with Crippen LogP contribution in [0.25, 0.3) is 10.2 Å². The molecule has 2 aromatic rings. The molecule has 1 saturated heterocycles. The molecule has 0 spiro atoms. The molecule has 0 bridgehead atoms. The first-order chi connectivity index (χ1) is 14.7. The van der Waals surface area contributed by atoms with Gasteiger partial charge < -0.3 is 14.2 Å². The molecule has 1 aliphatic heterocycles. The number of rotatable bonds is 7. The second kappa shape index (κ2) is 9.73. The van der Waals surface area contributed by atoms with Crippen molar-refractivity contribution >= 4 is 49.2 Å². The number of hydrogen-bond donors (Lipinski definition) is 0. The van der Waals surface area contributed by atoms with Gasteiger partial charge in [0.2, 0.25) is 5.91 Å². The number of aromatic nitrogens is 1. The predicted molar refractivity (Wildman–Crippen MR) is 116 cm³/mol. The molecule has 1 aliphatic rings. The summed E-state index contributed by atoms with van der Waals surface area (Å²) in [5.41, 5.74) is 1.69. The average molecular weight is 468 g/mol. The highest BCUT2D eigenvalue weighted by atomic mass is 32.2. The summed E-state index contributed by atoms with van der Waals surface area (Å²) in [4.78, 5) is 42.3. The monoisotopic (exact) mass is 467 g/mol. The Hall–Kier alpha value is -2.53. The Kier molecular flexibility index (Phi) is 7.26. The molecule has 9 nitrogen and oxygen atoms in total. The van der Waals surface area contributed by atoms with Gasteiger partial charge >= 0.3 is 5.97 Å². The highest BCUT2D eigenvalue weighted by molar-refractivity contribution is 7.92. The van der Waals surface area contributed by atoms with E-state index in [2.05, 4.69) is 4.99 Å². The van der Waals surface area contributed by atoms with Crippen molar-refractivity contribution in [2.75, 3.05) is 31.2 Å². The van der Waals surface area contributed by atoms with E-state index in [-0.39, 0.29) is 18.0 Å². The molecule has 0 saturated carbocycles. The van der Waals surface area contributed by atoms with Crippen LogP contribution in [-0.2, 0) is 35.5 Å². The molecular weight excluding hydrogens is 442 g/mol. The zero-order chi connectivity index (χ0) is 22.6. The highest BCUT2D eigenvalue weighted by Crippen LogP contribution is 2.19. The maximum atomic E-state index is 12.4. The molecule has 0 unspecified atom stereocenters. The van der Waals surface area contributed by atoms with E-state index in [9.17, 15) is 22.8 Å². The minimum absolute atomic E-state index is 0.150. The second-order valence-electron chi connectivity index (χ2n) is 7.37. The van der Waals surface area contributed by atoms with Crippen LogP contribution in [0.5, 0.6) is 0 Å². The summed E-state index contributed by atoms with van der Waals surface area (Å²) in [5.74, 6) is -3.42. The third-order valence-corrected chi connectivity index (χ3v) is 7.21. The molecule has 0 N–H and O–H groups in total. The topological polar surface area (TPSA) is 115 Å². The lowest BCUT2D eigenvalue weighted by atomic mass is 10.2. The maximum Gasteiger partial charge on any atom is 0.326 e. The number of carbonyl (C=O) groups excluding carboxylic acids is 3. The molecule has 1 aromatic heterocycles. The Labute approximate surface area is 184 Å². The largest absolute Gasteiger partial charge is 0.465 e. The molecule has 31 heavy (non-hydrogen) atoms. The summed E-state index contributed by atoms with van der Waals surface area (Å²) < 4.78 is 32.1. The Morgan fingerprint density at radius 3 is 2.55 bits per heavy atom. The molecule has 3 rings (SSSR count). The van der Waals surface area contributed by atoms with Gasteiger partial charge in [-0.25, -0.2) is 8.42 Å². The van der Waals surface area contributed by atoms with Gasteiger partial charge in [-0.1, -0.05) is 17.4 Å².